The first kappa shape index (κ1) is 17.8. The molecule has 0 spiro atoms. The van der Waals surface area contributed by atoms with Gasteiger partial charge in [0.15, 0.2) is 0 Å². The molecule has 0 bridgehead atoms. The van der Waals surface area contributed by atoms with Gasteiger partial charge in [-0.25, -0.2) is 8.78 Å². The molecular weight excluding hydrogens is 394 g/mol. The Morgan fingerprint density at radius 1 is 1.50 bits per heavy atom. The Hall–Kier alpha value is -2.56. The summed E-state index contributed by atoms with van der Waals surface area (Å²) in [6.07, 6.45) is -1.31. The van der Waals surface area contributed by atoms with Crippen molar-refractivity contribution in [2.75, 3.05) is 11.9 Å². The van der Waals surface area contributed by atoms with E-state index in [0.717, 1.165) is 12.1 Å². The maximum Gasteiger partial charge on any atom is 0.275 e. The van der Waals surface area contributed by atoms with E-state index in [-0.39, 0.29) is 17.1 Å². The summed E-state index contributed by atoms with van der Waals surface area (Å²) in [6.45, 7) is -0.915. The summed E-state index contributed by atoms with van der Waals surface area (Å²) in [5.41, 5.74) is -0.177. The molecule has 0 aliphatic rings. The number of nitrogens with zero attached hydrogens (tertiary/aromatic N) is 3. The molecule has 0 aliphatic carbocycles. The molecule has 11 heteroatoms. The maximum absolute atomic E-state index is 12.2. The predicted octanol–water partition coefficient (Wildman–Crippen LogP) is 2.99. The van der Waals surface area contributed by atoms with E-state index in [1.54, 1.807) is 7.05 Å². The lowest BCUT2D eigenvalue weighted by atomic mass is 10.2. The number of alkyl halides is 2. The van der Waals surface area contributed by atoms with Crippen molar-refractivity contribution in [1.82, 2.24) is 9.78 Å². The largest absolute Gasteiger partial charge is 0.487 e. The highest BCUT2D eigenvalue weighted by molar-refractivity contribution is 9.10. The lowest BCUT2D eigenvalue weighted by molar-refractivity contribution is -0.384. The van der Waals surface area contributed by atoms with Gasteiger partial charge in [0.05, 0.1) is 27.3 Å². The van der Waals surface area contributed by atoms with E-state index in [2.05, 4.69) is 26.3 Å². The second-order valence-electron chi connectivity index (χ2n) is 4.59. The zero-order valence-electron chi connectivity index (χ0n) is 12.2. The number of ether oxygens (including phenoxy) is 1. The SMILES string of the molecule is Cn1ncc(Br)c1C(=O)Nc1cc(OCC(F)F)cc([N+](=O)[O-])c1. The Bertz CT molecular complexity index is 762. The Labute approximate surface area is 142 Å². The molecule has 0 atom stereocenters. The van der Waals surface area contributed by atoms with Crippen molar-refractivity contribution >= 4 is 33.2 Å². The molecule has 2 aromatic rings. The number of nitrogens with one attached hydrogen (secondary N) is 1. The van der Waals surface area contributed by atoms with Crippen LogP contribution in [-0.2, 0) is 7.05 Å². The van der Waals surface area contributed by atoms with Crippen LogP contribution in [0.25, 0.3) is 0 Å². The quantitative estimate of drug-likeness (QED) is 0.589. The Morgan fingerprint density at radius 2 is 2.21 bits per heavy atom. The van der Waals surface area contributed by atoms with Crippen molar-refractivity contribution in [2.45, 2.75) is 6.43 Å². The van der Waals surface area contributed by atoms with Gasteiger partial charge in [-0.2, -0.15) is 5.10 Å². The third kappa shape index (κ3) is 4.25. The highest BCUT2D eigenvalue weighted by Gasteiger charge is 2.18. The number of hydrogen-bond donors (Lipinski definition) is 1. The summed E-state index contributed by atoms with van der Waals surface area (Å²) in [6, 6.07) is 3.31. The second-order valence-corrected chi connectivity index (χ2v) is 5.45. The molecule has 128 valence electrons. The van der Waals surface area contributed by atoms with E-state index < -0.39 is 29.6 Å². The van der Waals surface area contributed by atoms with Crippen LogP contribution in [-0.4, -0.2) is 33.6 Å². The summed E-state index contributed by atoms with van der Waals surface area (Å²) in [5, 5.41) is 17.3. The van der Waals surface area contributed by atoms with Crippen LogP contribution in [0.2, 0.25) is 0 Å². The minimum absolute atomic E-state index is 0.0339. The fourth-order valence-corrected chi connectivity index (χ4v) is 2.39. The first-order valence-electron chi connectivity index (χ1n) is 6.47. The molecule has 0 fully saturated rings. The predicted molar refractivity (Wildman–Crippen MR) is 83.5 cm³/mol. The zero-order valence-corrected chi connectivity index (χ0v) is 13.8. The fourth-order valence-electron chi connectivity index (χ4n) is 1.86. The summed E-state index contributed by atoms with van der Waals surface area (Å²) in [7, 11) is 1.55. The average Bonchev–Trinajstić information content (AvgIpc) is 2.84. The fraction of sp³-hybridized carbons (Fsp3) is 0.231. The molecule has 1 amide bonds. The number of nitro groups is 1. The van der Waals surface area contributed by atoms with Crippen molar-refractivity contribution in [1.29, 1.82) is 0 Å². The standard InChI is InChI=1S/C13H11BrF2N4O4/c1-19-12(10(14)5-17-19)13(21)18-7-2-8(20(22)23)4-9(3-7)24-6-11(15)16/h2-5,11H,6H2,1H3,(H,18,21). The van der Waals surface area contributed by atoms with Crippen LogP contribution < -0.4 is 10.1 Å². The number of nitro benzene ring substituents is 1. The smallest absolute Gasteiger partial charge is 0.275 e. The van der Waals surface area contributed by atoms with E-state index >= 15 is 0 Å². The first-order valence-corrected chi connectivity index (χ1v) is 7.26. The number of rotatable bonds is 6. The van der Waals surface area contributed by atoms with Gasteiger partial charge in [-0.1, -0.05) is 0 Å². The van der Waals surface area contributed by atoms with Gasteiger partial charge in [-0.05, 0) is 15.9 Å². The highest BCUT2D eigenvalue weighted by atomic mass is 79.9. The van der Waals surface area contributed by atoms with Crippen molar-refractivity contribution in [3.63, 3.8) is 0 Å². The van der Waals surface area contributed by atoms with Gasteiger partial charge < -0.3 is 10.1 Å². The summed E-state index contributed by atoms with van der Waals surface area (Å²) in [5.74, 6) is -0.731. The number of halogens is 3. The van der Waals surface area contributed by atoms with Gasteiger partial charge in [-0.3, -0.25) is 19.6 Å². The van der Waals surface area contributed by atoms with Crippen LogP contribution in [0.15, 0.2) is 28.9 Å². The number of hydrogen-bond acceptors (Lipinski definition) is 5. The van der Waals surface area contributed by atoms with E-state index in [4.69, 9.17) is 4.74 Å². The second kappa shape index (κ2) is 7.34. The van der Waals surface area contributed by atoms with E-state index in [1.165, 1.54) is 16.9 Å². The third-order valence-electron chi connectivity index (χ3n) is 2.85. The number of non-ortho nitro benzene ring substituents is 1. The molecule has 0 saturated heterocycles. The summed E-state index contributed by atoms with van der Waals surface area (Å²) in [4.78, 5) is 22.5. The zero-order chi connectivity index (χ0) is 17.9. The Morgan fingerprint density at radius 3 is 2.75 bits per heavy atom. The molecule has 0 aliphatic heterocycles. The normalized spacial score (nSPS) is 10.7. The van der Waals surface area contributed by atoms with Gasteiger partial charge in [0, 0.05) is 19.2 Å². The number of carbonyl (C=O) groups is 1. The van der Waals surface area contributed by atoms with Crippen LogP contribution in [0.5, 0.6) is 5.75 Å². The third-order valence-corrected chi connectivity index (χ3v) is 3.43. The van der Waals surface area contributed by atoms with E-state index in [0.29, 0.717) is 4.47 Å². The molecule has 1 heterocycles. The highest BCUT2D eigenvalue weighted by Crippen LogP contribution is 2.27. The lowest BCUT2D eigenvalue weighted by Crippen LogP contribution is -2.17. The van der Waals surface area contributed by atoms with Gasteiger partial charge in [0.25, 0.3) is 18.0 Å². The van der Waals surface area contributed by atoms with Crippen LogP contribution >= 0.6 is 15.9 Å². The number of carbonyl (C=O) groups excluding carboxylic acids is 1. The Balaban J connectivity index is 2.28. The molecule has 1 aromatic heterocycles. The lowest BCUT2D eigenvalue weighted by Gasteiger charge is -2.10. The molecule has 24 heavy (non-hydrogen) atoms. The molecule has 1 aromatic carbocycles. The topological polar surface area (TPSA) is 99.3 Å². The molecular formula is C13H11BrF2N4O4. The molecule has 8 nitrogen and oxygen atoms in total. The van der Waals surface area contributed by atoms with Crippen LogP contribution in [0, 0.1) is 10.1 Å². The molecule has 0 saturated carbocycles. The number of amides is 1. The monoisotopic (exact) mass is 404 g/mol. The Kier molecular flexibility index (Phi) is 5.44. The summed E-state index contributed by atoms with van der Waals surface area (Å²) < 4.78 is 31.0. The minimum atomic E-state index is -2.73. The van der Waals surface area contributed by atoms with Gasteiger partial charge in [0.2, 0.25) is 0 Å². The van der Waals surface area contributed by atoms with E-state index in [9.17, 15) is 23.7 Å². The first-order chi connectivity index (χ1) is 11.3. The molecule has 2 rings (SSSR count). The van der Waals surface area contributed by atoms with Crippen molar-refractivity contribution in [3.05, 3.63) is 44.7 Å². The van der Waals surface area contributed by atoms with Crippen molar-refractivity contribution in [3.8, 4) is 5.75 Å². The van der Waals surface area contributed by atoms with Gasteiger partial charge >= 0.3 is 0 Å². The average molecular weight is 405 g/mol. The molecule has 1 N–H and O–H groups in total. The van der Waals surface area contributed by atoms with Crippen molar-refractivity contribution < 1.29 is 23.2 Å². The number of aromatic nitrogens is 2. The number of benzene rings is 1. The number of aryl methyl sites for hydroxylation is 1. The van der Waals surface area contributed by atoms with Crippen molar-refractivity contribution in [2.24, 2.45) is 7.05 Å². The maximum atomic E-state index is 12.2. The van der Waals surface area contributed by atoms with Crippen LogP contribution in [0.1, 0.15) is 10.5 Å². The summed E-state index contributed by atoms with van der Waals surface area (Å²) >= 11 is 3.16. The minimum Gasteiger partial charge on any atom is -0.487 e. The van der Waals surface area contributed by atoms with E-state index in [1.807, 2.05) is 0 Å². The number of anilines is 1. The van der Waals surface area contributed by atoms with Crippen LogP contribution in [0.3, 0.4) is 0 Å². The van der Waals surface area contributed by atoms with Gasteiger partial charge in [-0.15, -0.1) is 0 Å². The molecule has 0 radical (unpaired) electrons. The van der Waals surface area contributed by atoms with Gasteiger partial charge in [0.1, 0.15) is 18.1 Å². The molecule has 0 unspecified atom stereocenters. The van der Waals surface area contributed by atoms with Crippen LogP contribution in [0.4, 0.5) is 20.2 Å².